The van der Waals surface area contributed by atoms with Crippen LogP contribution >= 0.6 is 0 Å². The average molecular weight is 271 g/mol. The van der Waals surface area contributed by atoms with Gasteiger partial charge in [-0.2, -0.15) is 0 Å². The van der Waals surface area contributed by atoms with E-state index >= 15 is 0 Å². The van der Waals surface area contributed by atoms with Gasteiger partial charge in [0.05, 0.1) is 6.33 Å². The first-order valence-corrected chi connectivity index (χ1v) is 6.74. The Balaban J connectivity index is 1.75. The maximum atomic E-state index is 4.21. The van der Waals surface area contributed by atoms with Crippen molar-refractivity contribution >= 4 is 5.96 Å². The molecule has 2 rings (SSSR count). The molecule has 0 unspecified atom stereocenters. The summed E-state index contributed by atoms with van der Waals surface area (Å²) in [5.41, 5.74) is 2.52. The highest BCUT2D eigenvalue weighted by Crippen LogP contribution is 2.02. The van der Waals surface area contributed by atoms with Crippen molar-refractivity contribution in [2.24, 2.45) is 4.99 Å². The molecule has 0 fully saturated rings. The number of nitrogens with one attached hydrogen (secondary N) is 2. The van der Waals surface area contributed by atoms with E-state index in [1.807, 2.05) is 17.1 Å². The molecule has 2 N–H and O–H groups in total. The molecule has 0 aliphatic heterocycles. The SMILES string of the molecule is CN=C(NCCn1ccnc1)NCc1cccc(C)c1. The lowest BCUT2D eigenvalue weighted by molar-refractivity contribution is 0.661. The second-order valence-electron chi connectivity index (χ2n) is 4.64. The first kappa shape index (κ1) is 14.1. The Morgan fingerprint density at radius 2 is 2.25 bits per heavy atom. The van der Waals surface area contributed by atoms with Gasteiger partial charge >= 0.3 is 0 Å². The van der Waals surface area contributed by atoms with E-state index in [4.69, 9.17) is 0 Å². The second-order valence-corrected chi connectivity index (χ2v) is 4.64. The van der Waals surface area contributed by atoms with Crippen molar-refractivity contribution in [3.05, 3.63) is 54.1 Å². The number of benzene rings is 1. The number of aromatic nitrogens is 2. The molecular weight excluding hydrogens is 250 g/mol. The van der Waals surface area contributed by atoms with Crippen LogP contribution in [0.5, 0.6) is 0 Å². The Morgan fingerprint density at radius 3 is 2.95 bits per heavy atom. The standard InChI is InChI=1S/C15H21N5/c1-13-4-3-5-14(10-13)11-19-15(16-2)18-7-9-20-8-6-17-12-20/h3-6,8,10,12H,7,9,11H2,1-2H3,(H2,16,18,19). The fourth-order valence-electron chi connectivity index (χ4n) is 1.95. The molecule has 0 saturated carbocycles. The molecule has 5 nitrogen and oxygen atoms in total. The first-order chi connectivity index (χ1) is 9.78. The van der Waals surface area contributed by atoms with Crippen LogP contribution in [0.25, 0.3) is 0 Å². The van der Waals surface area contributed by atoms with E-state index in [1.165, 1.54) is 11.1 Å². The van der Waals surface area contributed by atoms with Crippen molar-refractivity contribution in [2.45, 2.75) is 20.0 Å². The number of aryl methyl sites for hydroxylation is 1. The van der Waals surface area contributed by atoms with Crippen LogP contribution in [-0.4, -0.2) is 29.1 Å². The van der Waals surface area contributed by atoms with Crippen molar-refractivity contribution in [3.63, 3.8) is 0 Å². The molecule has 0 spiro atoms. The van der Waals surface area contributed by atoms with Gasteiger partial charge in [0.25, 0.3) is 0 Å². The number of aliphatic imine (C=N–C) groups is 1. The molecule has 0 amide bonds. The quantitative estimate of drug-likeness (QED) is 0.641. The van der Waals surface area contributed by atoms with E-state index in [1.54, 1.807) is 13.2 Å². The number of nitrogens with zero attached hydrogens (tertiary/aromatic N) is 3. The minimum atomic E-state index is 0.770. The summed E-state index contributed by atoms with van der Waals surface area (Å²) < 4.78 is 2.03. The molecule has 5 heteroatoms. The molecule has 0 saturated heterocycles. The summed E-state index contributed by atoms with van der Waals surface area (Å²) in [7, 11) is 1.78. The smallest absolute Gasteiger partial charge is 0.191 e. The summed E-state index contributed by atoms with van der Waals surface area (Å²) >= 11 is 0. The normalized spacial score (nSPS) is 11.4. The maximum absolute atomic E-state index is 4.21. The van der Waals surface area contributed by atoms with E-state index in [2.05, 4.69) is 51.8 Å². The molecule has 1 aromatic heterocycles. The van der Waals surface area contributed by atoms with E-state index in [-0.39, 0.29) is 0 Å². The zero-order valence-electron chi connectivity index (χ0n) is 12.0. The van der Waals surface area contributed by atoms with Gasteiger partial charge < -0.3 is 15.2 Å². The highest BCUT2D eigenvalue weighted by atomic mass is 15.2. The van der Waals surface area contributed by atoms with Crippen LogP contribution < -0.4 is 10.6 Å². The van der Waals surface area contributed by atoms with Gasteiger partial charge in [-0.1, -0.05) is 29.8 Å². The van der Waals surface area contributed by atoms with Gasteiger partial charge in [-0.05, 0) is 12.5 Å². The van der Waals surface area contributed by atoms with E-state index < -0.39 is 0 Å². The Kier molecular flexibility index (Phi) is 5.17. The van der Waals surface area contributed by atoms with Crippen LogP contribution in [0.4, 0.5) is 0 Å². The summed E-state index contributed by atoms with van der Waals surface area (Å²) in [6, 6.07) is 8.45. The molecular formula is C15H21N5. The molecule has 0 aliphatic rings. The molecule has 20 heavy (non-hydrogen) atoms. The third-order valence-corrected chi connectivity index (χ3v) is 2.99. The second kappa shape index (κ2) is 7.33. The van der Waals surface area contributed by atoms with Gasteiger partial charge in [-0.3, -0.25) is 4.99 Å². The summed E-state index contributed by atoms with van der Waals surface area (Å²) in [6.45, 7) is 4.54. The summed E-state index contributed by atoms with van der Waals surface area (Å²) in [5.74, 6) is 0.812. The number of guanidine groups is 1. The fraction of sp³-hybridized carbons (Fsp3) is 0.333. The van der Waals surface area contributed by atoms with Crippen molar-refractivity contribution in [1.82, 2.24) is 20.2 Å². The van der Waals surface area contributed by atoms with Gasteiger partial charge in [0.15, 0.2) is 5.96 Å². The summed E-state index contributed by atoms with van der Waals surface area (Å²) in [6.07, 6.45) is 5.54. The molecule has 0 aliphatic carbocycles. The molecule has 0 bridgehead atoms. The molecule has 2 aromatic rings. The number of hydrogen-bond acceptors (Lipinski definition) is 2. The zero-order chi connectivity index (χ0) is 14.2. The van der Waals surface area contributed by atoms with Crippen LogP contribution in [0.1, 0.15) is 11.1 Å². The van der Waals surface area contributed by atoms with E-state index in [9.17, 15) is 0 Å². The van der Waals surface area contributed by atoms with Crippen LogP contribution in [-0.2, 0) is 13.1 Å². The Hall–Kier alpha value is -2.30. The van der Waals surface area contributed by atoms with Gasteiger partial charge in [0, 0.05) is 39.1 Å². The van der Waals surface area contributed by atoms with Gasteiger partial charge in [0.2, 0.25) is 0 Å². The fourth-order valence-corrected chi connectivity index (χ4v) is 1.95. The predicted octanol–water partition coefficient (Wildman–Crippen LogP) is 1.56. The van der Waals surface area contributed by atoms with E-state index in [0.29, 0.717) is 0 Å². The van der Waals surface area contributed by atoms with Crippen LogP contribution in [0.15, 0.2) is 48.0 Å². The molecule has 1 aromatic carbocycles. The number of hydrogen-bond donors (Lipinski definition) is 2. The predicted molar refractivity (Wildman–Crippen MR) is 81.6 cm³/mol. The topological polar surface area (TPSA) is 54.2 Å². The summed E-state index contributed by atoms with van der Waals surface area (Å²) in [4.78, 5) is 8.23. The van der Waals surface area contributed by atoms with Crippen LogP contribution in [0, 0.1) is 6.92 Å². The minimum Gasteiger partial charge on any atom is -0.355 e. The highest BCUT2D eigenvalue weighted by molar-refractivity contribution is 5.79. The van der Waals surface area contributed by atoms with Gasteiger partial charge in [-0.15, -0.1) is 0 Å². The molecule has 106 valence electrons. The number of rotatable bonds is 5. The Morgan fingerprint density at radius 1 is 1.35 bits per heavy atom. The van der Waals surface area contributed by atoms with Crippen LogP contribution in [0.2, 0.25) is 0 Å². The van der Waals surface area contributed by atoms with Crippen LogP contribution in [0.3, 0.4) is 0 Å². The van der Waals surface area contributed by atoms with Crippen molar-refractivity contribution < 1.29 is 0 Å². The monoisotopic (exact) mass is 271 g/mol. The Bertz CT molecular complexity index is 545. The zero-order valence-corrected chi connectivity index (χ0v) is 12.0. The molecule has 0 atom stereocenters. The third kappa shape index (κ3) is 4.42. The Labute approximate surface area is 119 Å². The third-order valence-electron chi connectivity index (χ3n) is 2.99. The van der Waals surface area contributed by atoms with Gasteiger partial charge in [-0.25, -0.2) is 4.98 Å². The lowest BCUT2D eigenvalue weighted by Crippen LogP contribution is -2.38. The molecule has 0 radical (unpaired) electrons. The largest absolute Gasteiger partial charge is 0.355 e. The number of imidazole rings is 1. The molecule has 1 heterocycles. The summed E-state index contributed by atoms with van der Waals surface area (Å²) in [5, 5.41) is 6.59. The highest BCUT2D eigenvalue weighted by Gasteiger charge is 1.98. The van der Waals surface area contributed by atoms with Crippen molar-refractivity contribution in [3.8, 4) is 0 Å². The minimum absolute atomic E-state index is 0.770. The van der Waals surface area contributed by atoms with Gasteiger partial charge in [0.1, 0.15) is 0 Å². The average Bonchev–Trinajstić information content (AvgIpc) is 2.96. The lowest BCUT2D eigenvalue weighted by atomic mass is 10.1. The van der Waals surface area contributed by atoms with Crippen molar-refractivity contribution in [1.29, 1.82) is 0 Å². The first-order valence-electron chi connectivity index (χ1n) is 6.74. The lowest BCUT2D eigenvalue weighted by Gasteiger charge is -2.12. The maximum Gasteiger partial charge on any atom is 0.191 e. The van der Waals surface area contributed by atoms with Crippen molar-refractivity contribution in [2.75, 3.05) is 13.6 Å². The van der Waals surface area contributed by atoms with E-state index in [0.717, 1.165) is 25.6 Å².